The molecule has 1 aromatic carbocycles. The number of Topliss-reactive ketones (excluding diaryl/α,β-unsaturated/α-hetero) is 1. The number of ketones is 1. The normalized spacial score (nSPS) is 27.6. The molecular weight excluding hydrogens is 374 g/mol. The van der Waals surface area contributed by atoms with Crippen molar-refractivity contribution in [2.75, 3.05) is 6.61 Å². The van der Waals surface area contributed by atoms with Gasteiger partial charge in [0, 0.05) is 11.8 Å². The number of benzene rings is 1. The van der Waals surface area contributed by atoms with Crippen molar-refractivity contribution in [2.24, 2.45) is 17.8 Å². The number of sulfonamides is 1. The van der Waals surface area contributed by atoms with E-state index in [9.17, 15) is 13.2 Å². The van der Waals surface area contributed by atoms with Gasteiger partial charge >= 0.3 is 0 Å². The lowest BCUT2D eigenvalue weighted by atomic mass is 9.80. The highest BCUT2D eigenvalue weighted by Gasteiger charge is 2.52. The molecule has 28 heavy (non-hydrogen) atoms. The van der Waals surface area contributed by atoms with Crippen LogP contribution in [0.4, 0.5) is 0 Å². The standard InChI is InChI=1S/C22H29NO4S/c1-14(2)12-16-13-27-22-19-7-5-4-6-18(19)21(24)20(22)23(16)28(25,26)17-10-8-15(3)9-11-17/h8-11,14,16,18-19H,4-7,12-13H2,1-3H3/t16-,18-,19+/m0/s1. The molecule has 0 N–H and O–H groups in total. The van der Waals surface area contributed by atoms with Gasteiger partial charge in [-0.05, 0) is 44.2 Å². The second-order valence-electron chi connectivity index (χ2n) is 8.78. The van der Waals surface area contributed by atoms with Crippen molar-refractivity contribution < 1.29 is 17.9 Å². The van der Waals surface area contributed by atoms with E-state index in [0.29, 0.717) is 30.4 Å². The first-order valence-corrected chi connectivity index (χ1v) is 11.8. The summed E-state index contributed by atoms with van der Waals surface area (Å²) in [6.07, 6.45) is 4.47. The summed E-state index contributed by atoms with van der Waals surface area (Å²) >= 11 is 0. The van der Waals surface area contributed by atoms with Crippen molar-refractivity contribution in [1.82, 2.24) is 4.31 Å². The molecule has 3 atom stereocenters. The van der Waals surface area contributed by atoms with Crippen LogP contribution in [0.5, 0.6) is 0 Å². The van der Waals surface area contributed by atoms with Crippen LogP contribution in [0.3, 0.4) is 0 Å². The summed E-state index contributed by atoms with van der Waals surface area (Å²) < 4.78 is 34.9. The average Bonchev–Trinajstić information content (AvgIpc) is 2.94. The number of ether oxygens (including phenoxy) is 1. The van der Waals surface area contributed by atoms with Crippen molar-refractivity contribution in [3.63, 3.8) is 0 Å². The minimum absolute atomic E-state index is 0.0381. The highest BCUT2D eigenvalue weighted by molar-refractivity contribution is 7.89. The van der Waals surface area contributed by atoms with Gasteiger partial charge in [-0.1, -0.05) is 44.4 Å². The number of fused-ring (bicyclic) bond motifs is 2. The van der Waals surface area contributed by atoms with E-state index < -0.39 is 10.0 Å². The molecule has 0 radical (unpaired) electrons. The molecule has 0 aromatic heterocycles. The molecule has 1 aliphatic heterocycles. The number of hydrogen-bond acceptors (Lipinski definition) is 4. The highest BCUT2D eigenvalue weighted by atomic mass is 32.2. The Morgan fingerprint density at radius 3 is 2.39 bits per heavy atom. The van der Waals surface area contributed by atoms with E-state index in [1.807, 2.05) is 6.92 Å². The molecule has 1 saturated carbocycles. The Bertz CT molecular complexity index is 901. The molecule has 3 aliphatic rings. The van der Waals surface area contributed by atoms with Gasteiger partial charge in [0.05, 0.1) is 10.9 Å². The second kappa shape index (κ2) is 7.21. The minimum Gasteiger partial charge on any atom is -0.493 e. The Kier molecular flexibility index (Phi) is 5.02. The van der Waals surface area contributed by atoms with Crippen LogP contribution in [-0.4, -0.2) is 31.2 Å². The van der Waals surface area contributed by atoms with Crippen molar-refractivity contribution >= 4 is 15.8 Å². The number of carbonyl (C=O) groups is 1. The number of hydrogen-bond donors (Lipinski definition) is 0. The quantitative estimate of drug-likeness (QED) is 0.761. The summed E-state index contributed by atoms with van der Waals surface area (Å²) in [4.78, 5) is 13.5. The van der Waals surface area contributed by atoms with Gasteiger partial charge in [-0.15, -0.1) is 0 Å². The Labute approximate surface area is 167 Å². The SMILES string of the molecule is Cc1ccc(S(=O)(=O)N2C3=C(OC[C@@H]2CC(C)C)[C@@H]2CCCC[C@@H]2C3=O)cc1. The molecule has 5 nitrogen and oxygen atoms in total. The fraction of sp³-hybridized carbons (Fsp3) is 0.591. The molecule has 0 amide bonds. The van der Waals surface area contributed by atoms with Crippen LogP contribution in [0.1, 0.15) is 51.5 Å². The number of rotatable bonds is 4. The molecule has 1 aromatic rings. The molecule has 152 valence electrons. The van der Waals surface area contributed by atoms with E-state index in [1.165, 1.54) is 4.31 Å². The summed E-state index contributed by atoms with van der Waals surface area (Å²) in [5.41, 5.74) is 1.32. The average molecular weight is 404 g/mol. The molecular formula is C22H29NO4S. The van der Waals surface area contributed by atoms with Crippen LogP contribution in [0, 0.1) is 24.7 Å². The van der Waals surface area contributed by atoms with Gasteiger partial charge in [0.15, 0.2) is 5.78 Å². The maximum absolute atomic E-state index is 13.7. The molecule has 1 heterocycles. The molecule has 0 unspecified atom stereocenters. The van der Waals surface area contributed by atoms with E-state index in [4.69, 9.17) is 4.74 Å². The lowest BCUT2D eigenvalue weighted by Gasteiger charge is -2.38. The zero-order valence-electron chi connectivity index (χ0n) is 16.8. The first kappa shape index (κ1) is 19.5. The summed E-state index contributed by atoms with van der Waals surface area (Å²) in [6.45, 7) is 6.38. The van der Waals surface area contributed by atoms with E-state index in [1.54, 1.807) is 24.3 Å². The van der Waals surface area contributed by atoms with E-state index in [-0.39, 0.29) is 28.6 Å². The number of aryl methyl sites for hydroxylation is 1. The molecule has 0 spiro atoms. The summed E-state index contributed by atoms with van der Waals surface area (Å²) in [6, 6.07) is 6.53. The van der Waals surface area contributed by atoms with Gasteiger partial charge in [0.1, 0.15) is 18.1 Å². The topological polar surface area (TPSA) is 63.7 Å². The van der Waals surface area contributed by atoms with Crippen LogP contribution in [0.25, 0.3) is 0 Å². The minimum atomic E-state index is -3.83. The third-order valence-corrected chi connectivity index (χ3v) is 8.08. The third kappa shape index (κ3) is 3.15. The predicted molar refractivity (Wildman–Crippen MR) is 107 cm³/mol. The van der Waals surface area contributed by atoms with Gasteiger partial charge in [-0.3, -0.25) is 9.10 Å². The van der Waals surface area contributed by atoms with Gasteiger partial charge < -0.3 is 4.74 Å². The monoisotopic (exact) mass is 403 g/mol. The Hall–Kier alpha value is -1.82. The molecule has 0 saturated heterocycles. The Morgan fingerprint density at radius 1 is 1.11 bits per heavy atom. The van der Waals surface area contributed by atoms with Gasteiger partial charge in [-0.25, -0.2) is 8.42 Å². The third-order valence-electron chi connectivity index (χ3n) is 6.21. The van der Waals surface area contributed by atoms with Crippen molar-refractivity contribution in [3.8, 4) is 0 Å². The van der Waals surface area contributed by atoms with E-state index >= 15 is 0 Å². The maximum Gasteiger partial charge on any atom is 0.264 e. The zero-order valence-corrected chi connectivity index (χ0v) is 17.7. The van der Waals surface area contributed by atoms with Gasteiger partial charge in [0.25, 0.3) is 10.0 Å². The smallest absolute Gasteiger partial charge is 0.264 e. The van der Waals surface area contributed by atoms with E-state index in [0.717, 1.165) is 31.2 Å². The summed E-state index contributed by atoms with van der Waals surface area (Å²) in [5, 5.41) is 0. The van der Waals surface area contributed by atoms with Gasteiger partial charge in [0.2, 0.25) is 0 Å². The molecule has 1 fully saturated rings. The molecule has 2 aliphatic carbocycles. The van der Waals surface area contributed by atoms with Crippen molar-refractivity contribution in [1.29, 1.82) is 0 Å². The molecule has 4 rings (SSSR count). The fourth-order valence-electron chi connectivity index (χ4n) is 4.91. The number of allylic oxidation sites excluding steroid dienone is 2. The van der Waals surface area contributed by atoms with Crippen molar-refractivity contribution in [3.05, 3.63) is 41.3 Å². The lowest BCUT2D eigenvalue weighted by Crippen LogP contribution is -2.47. The van der Waals surface area contributed by atoms with Crippen LogP contribution in [0.15, 0.2) is 40.6 Å². The molecule has 6 heteroatoms. The Balaban J connectivity index is 1.82. The van der Waals surface area contributed by atoms with Crippen LogP contribution < -0.4 is 0 Å². The van der Waals surface area contributed by atoms with Crippen LogP contribution in [-0.2, 0) is 19.6 Å². The Morgan fingerprint density at radius 2 is 1.75 bits per heavy atom. The lowest BCUT2D eigenvalue weighted by molar-refractivity contribution is -0.121. The van der Waals surface area contributed by atoms with Crippen molar-refractivity contribution in [2.45, 2.75) is 63.8 Å². The van der Waals surface area contributed by atoms with Crippen LogP contribution in [0.2, 0.25) is 0 Å². The zero-order chi connectivity index (χ0) is 20.1. The molecule has 0 bridgehead atoms. The predicted octanol–water partition coefficient (Wildman–Crippen LogP) is 4.03. The first-order valence-electron chi connectivity index (χ1n) is 10.3. The first-order chi connectivity index (χ1) is 13.3. The second-order valence-corrected chi connectivity index (χ2v) is 10.6. The highest BCUT2D eigenvalue weighted by Crippen LogP contribution is 2.48. The largest absolute Gasteiger partial charge is 0.493 e. The van der Waals surface area contributed by atoms with E-state index in [2.05, 4.69) is 13.8 Å². The number of nitrogens with zero attached hydrogens (tertiary/aromatic N) is 1. The number of carbonyl (C=O) groups excluding carboxylic acids is 1. The fourth-order valence-corrected chi connectivity index (χ4v) is 6.58. The van der Waals surface area contributed by atoms with Crippen LogP contribution >= 0.6 is 0 Å². The summed E-state index contributed by atoms with van der Waals surface area (Å²) in [7, 11) is -3.83. The summed E-state index contributed by atoms with van der Waals surface area (Å²) in [5.74, 6) is 0.818. The van der Waals surface area contributed by atoms with Gasteiger partial charge in [-0.2, -0.15) is 0 Å². The maximum atomic E-state index is 13.7.